The predicted molar refractivity (Wildman–Crippen MR) is 97.5 cm³/mol. The van der Waals surface area contributed by atoms with Gasteiger partial charge in [0.1, 0.15) is 5.75 Å². The summed E-state index contributed by atoms with van der Waals surface area (Å²) in [4.78, 5) is 12.4. The summed E-state index contributed by atoms with van der Waals surface area (Å²) in [5, 5.41) is 2.73. The quantitative estimate of drug-likeness (QED) is 0.707. The molecule has 0 unspecified atom stereocenters. The van der Waals surface area contributed by atoms with Crippen LogP contribution in [0.1, 0.15) is 30.1 Å². The number of nitrogens with one attached hydrogen (secondary N) is 2. The Bertz CT molecular complexity index is 800. The van der Waals surface area contributed by atoms with Crippen LogP contribution in [0.2, 0.25) is 0 Å². The van der Waals surface area contributed by atoms with Gasteiger partial charge in [-0.15, -0.1) is 0 Å². The van der Waals surface area contributed by atoms with E-state index in [0.717, 1.165) is 18.6 Å². The number of benzene rings is 2. The van der Waals surface area contributed by atoms with Crippen molar-refractivity contribution in [3.8, 4) is 5.75 Å². The van der Waals surface area contributed by atoms with Crippen LogP contribution in [0.3, 0.4) is 0 Å². The van der Waals surface area contributed by atoms with E-state index in [-0.39, 0.29) is 10.8 Å². The van der Waals surface area contributed by atoms with Crippen molar-refractivity contribution in [2.24, 2.45) is 0 Å². The second kappa shape index (κ2) is 8.64. The molecule has 0 aliphatic rings. The third kappa shape index (κ3) is 5.30. The standard InChI is InChI=1S/C18H22N2O4S/c1-3-4-13-24-16-9-5-14(6-10-16)18(21)20-15-7-11-17(12-8-15)25(22,23)19-2/h5-12,19H,3-4,13H2,1-2H3,(H,20,21). The lowest BCUT2D eigenvalue weighted by atomic mass is 10.2. The fraction of sp³-hybridized carbons (Fsp3) is 0.278. The fourth-order valence-corrected chi connectivity index (χ4v) is 2.81. The first-order valence-electron chi connectivity index (χ1n) is 8.04. The normalized spacial score (nSPS) is 11.1. The van der Waals surface area contributed by atoms with Crippen LogP contribution >= 0.6 is 0 Å². The molecule has 0 saturated carbocycles. The molecule has 1 amide bonds. The van der Waals surface area contributed by atoms with Crippen LogP contribution in [0.25, 0.3) is 0 Å². The maximum Gasteiger partial charge on any atom is 0.255 e. The Balaban J connectivity index is 1.99. The minimum atomic E-state index is -3.49. The first-order valence-corrected chi connectivity index (χ1v) is 9.52. The molecular weight excluding hydrogens is 340 g/mol. The van der Waals surface area contributed by atoms with Gasteiger partial charge in [-0.05, 0) is 62.0 Å². The molecule has 0 bridgehead atoms. The van der Waals surface area contributed by atoms with Crippen LogP contribution in [0.15, 0.2) is 53.4 Å². The van der Waals surface area contributed by atoms with Crippen molar-refractivity contribution >= 4 is 21.6 Å². The third-order valence-corrected chi connectivity index (χ3v) is 5.00. The molecular formula is C18H22N2O4S. The number of unbranched alkanes of at least 4 members (excludes halogenated alkanes) is 1. The Morgan fingerprint density at radius 3 is 2.24 bits per heavy atom. The number of sulfonamides is 1. The van der Waals surface area contributed by atoms with Gasteiger partial charge in [0.2, 0.25) is 10.0 Å². The molecule has 0 aliphatic carbocycles. The van der Waals surface area contributed by atoms with Crippen molar-refractivity contribution in [1.29, 1.82) is 0 Å². The Morgan fingerprint density at radius 1 is 1.04 bits per heavy atom. The molecule has 0 spiro atoms. The Labute approximate surface area is 148 Å². The molecule has 0 atom stereocenters. The average molecular weight is 362 g/mol. The van der Waals surface area contributed by atoms with Gasteiger partial charge in [0.05, 0.1) is 11.5 Å². The Kier molecular flexibility index (Phi) is 6.55. The van der Waals surface area contributed by atoms with Crippen molar-refractivity contribution in [2.45, 2.75) is 24.7 Å². The van der Waals surface area contributed by atoms with E-state index in [1.54, 1.807) is 36.4 Å². The predicted octanol–water partition coefficient (Wildman–Crippen LogP) is 3.03. The minimum absolute atomic E-state index is 0.140. The zero-order valence-corrected chi connectivity index (χ0v) is 15.1. The van der Waals surface area contributed by atoms with Crippen molar-refractivity contribution in [3.63, 3.8) is 0 Å². The molecule has 6 nitrogen and oxygen atoms in total. The van der Waals surface area contributed by atoms with Gasteiger partial charge < -0.3 is 10.1 Å². The number of ether oxygens (including phenoxy) is 1. The molecule has 0 radical (unpaired) electrons. The molecule has 0 aromatic heterocycles. The van der Waals surface area contributed by atoms with Gasteiger partial charge in [0.25, 0.3) is 5.91 Å². The van der Waals surface area contributed by atoms with Gasteiger partial charge >= 0.3 is 0 Å². The van der Waals surface area contributed by atoms with Gasteiger partial charge in [0.15, 0.2) is 0 Å². The van der Waals surface area contributed by atoms with Crippen LogP contribution in [-0.2, 0) is 10.0 Å². The molecule has 2 aromatic carbocycles. The fourth-order valence-electron chi connectivity index (χ4n) is 2.08. The van der Waals surface area contributed by atoms with E-state index in [0.29, 0.717) is 17.9 Å². The lowest BCUT2D eigenvalue weighted by molar-refractivity contribution is 0.102. The van der Waals surface area contributed by atoms with Gasteiger partial charge in [-0.1, -0.05) is 13.3 Å². The van der Waals surface area contributed by atoms with Crippen LogP contribution in [-0.4, -0.2) is 28.0 Å². The number of hydrogen-bond donors (Lipinski definition) is 2. The van der Waals surface area contributed by atoms with Gasteiger partial charge in [-0.3, -0.25) is 4.79 Å². The maximum absolute atomic E-state index is 12.2. The number of anilines is 1. The summed E-state index contributed by atoms with van der Waals surface area (Å²) in [5.41, 5.74) is 1.01. The Hall–Kier alpha value is -2.38. The lowest BCUT2D eigenvalue weighted by Crippen LogP contribution is -2.18. The second-order valence-electron chi connectivity index (χ2n) is 5.41. The molecule has 134 valence electrons. The largest absolute Gasteiger partial charge is 0.494 e. The summed E-state index contributed by atoms with van der Waals surface area (Å²) in [7, 11) is -2.14. The molecule has 25 heavy (non-hydrogen) atoms. The van der Waals surface area contributed by atoms with E-state index >= 15 is 0 Å². The summed E-state index contributed by atoms with van der Waals surface area (Å²) in [5.74, 6) is 0.455. The maximum atomic E-state index is 12.2. The van der Waals surface area contributed by atoms with Crippen LogP contribution in [0, 0.1) is 0 Å². The molecule has 0 aliphatic heterocycles. The number of amides is 1. The van der Waals surface area contributed by atoms with Crippen LogP contribution in [0.5, 0.6) is 5.75 Å². The summed E-state index contributed by atoms with van der Waals surface area (Å²) in [6, 6.07) is 12.9. The second-order valence-corrected chi connectivity index (χ2v) is 7.30. The molecule has 2 N–H and O–H groups in total. The van der Waals surface area contributed by atoms with Crippen LogP contribution < -0.4 is 14.8 Å². The molecule has 7 heteroatoms. The van der Waals surface area contributed by atoms with E-state index in [1.165, 1.54) is 19.2 Å². The highest BCUT2D eigenvalue weighted by molar-refractivity contribution is 7.89. The number of rotatable bonds is 8. The number of carbonyl (C=O) groups excluding carboxylic acids is 1. The molecule has 2 rings (SSSR count). The highest BCUT2D eigenvalue weighted by atomic mass is 32.2. The smallest absolute Gasteiger partial charge is 0.255 e. The minimum Gasteiger partial charge on any atom is -0.494 e. The van der Waals surface area contributed by atoms with E-state index in [2.05, 4.69) is 17.0 Å². The van der Waals surface area contributed by atoms with Gasteiger partial charge in [-0.2, -0.15) is 0 Å². The van der Waals surface area contributed by atoms with E-state index in [9.17, 15) is 13.2 Å². The summed E-state index contributed by atoms with van der Waals surface area (Å²) in [6.45, 7) is 2.75. The lowest BCUT2D eigenvalue weighted by Gasteiger charge is -2.08. The zero-order valence-electron chi connectivity index (χ0n) is 14.3. The van der Waals surface area contributed by atoms with E-state index in [4.69, 9.17) is 4.74 Å². The van der Waals surface area contributed by atoms with E-state index < -0.39 is 10.0 Å². The van der Waals surface area contributed by atoms with Crippen molar-refractivity contribution in [2.75, 3.05) is 19.0 Å². The number of hydrogen-bond acceptors (Lipinski definition) is 4. The van der Waals surface area contributed by atoms with Crippen LogP contribution in [0.4, 0.5) is 5.69 Å². The van der Waals surface area contributed by atoms with E-state index in [1.807, 2.05) is 0 Å². The summed E-state index contributed by atoms with van der Waals surface area (Å²) >= 11 is 0. The highest BCUT2D eigenvalue weighted by Gasteiger charge is 2.11. The number of carbonyl (C=O) groups is 1. The topological polar surface area (TPSA) is 84.5 Å². The first-order chi connectivity index (χ1) is 12.0. The summed E-state index contributed by atoms with van der Waals surface area (Å²) < 4.78 is 31.1. The molecule has 2 aromatic rings. The molecule has 0 saturated heterocycles. The molecule has 0 heterocycles. The van der Waals surface area contributed by atoms with Gasteiger partial charge in [0, 0.05) is 11.3 Å². The van der Waals surface area contributed by atoms with Gasteiger partial charge in [-0.25, -0.2) is 13.1 Å². The Morgan fingerprint density at radius 2 is 1.68 bits per heavy atom. The first kappa shape index (κ1) is 19.0. The average Bonchev–Trinajstić information content (AvgIpc) is 2.63. The third-order valence-electron chi connectivity index (χ3n) is 3.57. The van der Waals surface area contributed by atoms with Crippen molar-refractivity contribution in [3.05, 3.63) is 54.1 Å². The van der Waals surface area contributed by atoms with Crippen molar-refractivity contribution < 1.29 is 17.9 Å². The molecule has 0 fully saturated rings. The monoisotopic (exact) mass is 362 g/mol. The SMILES string of the molecule is CCCCOc1ccc(C(=O)Nc2ccc(S(=O)(=O)NC)cc2)cc1. The van der Waals surface area contributed by atoms with Crippen molar-refractivity contribution in [1.82, 2.24) is 4.72 Å². The zero-order chi connectivity index (χ0) is 18.3. The highest BCUT2D eigenvalue weighted by Crippen LogP contribution is 2.16. The summed E-state index contributed by atoms with van der Waals surface area (Å²) in [6.07, 6.45) is 2.05.